The molecule has 1 aliphatic heterocycles. The number of hydrogen-bond donors (Lipinski definition) is 2. The molecule has 23 heavy (non-hydrogen) atoms. The zero-order valence-corrected chi connectivity index (χ0v) is 13.9. The van der Waals surface area contributed by atoms with Crippen LogP contribution in [-0.2, 0) is 9.59 Å². The number of carbonyl (C=O) groups is 3. The summed E-state index contributed by atoms with van der Waals surface area (Å²) in [6.07, 6.45) is 1.07. The summed E-state index contributed by atoms with van der Waals surface area (Å²) in [6.45, 7) is 0.958. The van der Waals surface area contributed by atoms with Gasteiger partial charge in [0.15, 0.2) is 0 Å². The Morgan fingerprint density at radius 2 is 1.87 bits per heavy atom. The van der Waals surface area contributed by atoms with Gasteiger partial charge >= 0.3 is 0 Å². The molecule has 0 atom stereocenters. The van der Waals surface area contributed by atoms with Gasteiger partial charge in [0.2, 0.25) is 5.91 Å². The number of nitrogens with one attached hydrogen (secondary N) is 2. The van der Waals surface area contributed by atoms with E-state index in [2.05, 4.69) is 10.9 Å². The third-order valence-electron chi connectivity index (χ3n) is 3.67. The van der Waals surface area contributed by atoms with E-state index in [1.54, 1.807) is 29.2 Å². The lowest BCUT2D eigenvalue weighted by Gasteiger charge is -2.31. The first-order chi connectivity index (χ1) is 11.0. The molecule has 1 heterocycles. The molecule has 6 nitrogen and oxygen atoms in total. The second-order valence-electron chi connectivity index (χ2n) is 5.25. The molecule has 1 aliphatic rings. The fraction of sp³-hybridized carbons (Fsp3) is 0.400. The van der Waals surface area contributed by atoms with E-state index in [9.17, 15) is 14.4 Å². The molecule has 124 valence electrons. The van der Waals surface area contributed by atoms with Crippen molar-refractivity contribution in [1.82, 2.24) is 15.8 Å². The molecule has 1 aromatic carbocycles. The minimum atomic E-state index is -0.464. The van der Waals surface area contributed by atoms with E-state index in [4.69, 9.17) is 23.2 Å². The van der Waals surface area contributed by atoms with Crippen molar-refractivity contribution in [1.29, 1.82) is 0 Å². The van der Waals surface area contributed by atoms with Crippen molar-refractivity contribution >= 4 is 40.9 Å². The molecule has 8 heteroatoms. The number of nitrogens with zero attached hydrogens (tertiary/aromatic N) is 1. The number of piperidine rings is 1. The fourth-order valence-electron chi connectivity index (χ4n) is 2.42. The minimum absolute atomic E-state index is 0.0956. The summed E-state index contributed by atoms with van der Waals surface area (Å²) < 4.78 is 0. The largest absolute Gasteiger partial charge is 0.339 e. The molecule has 0 bridgehead atoms. The van der Waals surface area contributed by atoms with E-state index in [0.29, 0.717) is 36.5 Å². The first-order valence-corrected chi connectivity index (χ1v) is 8.12. The highest BCUT2D eigenvalue weighted by atomic mass is 35.5. The Morgan fingerprint density at radius 1 is 1.17 bits per heavy atom. The summed E-state index contributed by atoms with van der Waals surface area (Å²) >= 11 is 11.2. The van der Waals surface area contributed by atoms with Gasteiger partial charge in [-0.15, -0.1) is 11.6 Å². The van der Waals surface area contributed by atoms with Crippen LogP contribution in [0.4, 0.5) is 0 Å². The van der Waals surface area contributed by atoms with Crippen molar-refractivity contribution in [2.45, 2.75) is 12.8 Å². The van der Waals surface area contributed by atoms with Gasteiger partial charge in [-0.3, -0.25) is 25.2 Å². The third-order valence-corrected chi connectivity index (χ3v) is 4.15. The van der Waals surface area contributed by atoms with Crippen LogP contribution in [-0.4, -0.2) is 41.6 Å². The summed E-state index contributed by atoms with van der Waals surface area (Å²) in [4.78, 5) is 37.0. The van der Waals surface area contributed by atoms with Gasteiger partial charge in [0.1, 0.15) is 5.88 Å². The smallest absolute Gasteiger partial charge is 0.253 e. The zero-order valence-electron chi connectivity index (χ0n) is 12.4. The highest BCUT2D eigenvalue weighted by Crippen LogP contribution is 2.20. The minimum Gasteiger partial charge on any atom is -0.339 e. The molecular weight excluding hydrogens is 341 g/mol. The van der Waals surface area contributed by atoms with Gasteiger partial charge in [0.25, 0.3) is 11.8 Å². The summed E-state index contributed by atoms with van der Waals surface area (Å²) in [5, 5.41) is 0.514. The van der Waals surface area contributed by atoms with E-state index >= 15 is 0 Å². The Hall–Kier alpha value is -1.79. The van der Waals surface area contributed by atoms with Crippen molar-refractivity contribution in [2.75, 3.05) is 19.0 Å². The molecule has 0 aliphatic carbocycles. The summed E-state index contributed by atoms with van der Waals surface area (Å²) in [5.74, 6) is -1.28. The Morgan fingerprint density at radius 3 is 2.48 bits per heavy atom. The maximum Gasteiger partial charge on any atom is 0.253 e. The number of hydrogen-bond acceptors (Lipinski definition) is 3. The van der Waals surface area contributed by atoms with Crippen LogP contribution >= 0.6 is 23.2 Å². The second kappa shape index (κ2) is 8.17. The van der Waals surface area contributed by atoms with Gasteiger partial charge in [-0.2, -0.15) is 0 Å². The molecule has 0 unspecified atom stereocenters. The Labute approximate surface area is 144 Å². The topological polar surface area (TPSA) is 78.5 Å². The average Bonchev–Trinajstić information content (AvgIpc) is 2.58. The maximum absolute atomic E-state index is 12.4. The summed E-state index contributed by atoms with van der Waals surface area (Å²) in [7, 11) is 0. The van der Waals surface area contributed by atoms with Gasteiger partial charge in [0, 0.05) is 29.6 Å². The normalized spacial score (nSPS) is 15.1. The van der Waals surface area contributed by atoms with Crippen molar-refractivity contribution in [3.63, 3.8) is 0 Å². The molecule has 3 amide bonds. The molecule has 0 saturated carbocycles. The highest BCUT2D eigenvalue weighted by Gasteiger charge is 2.28. The Kier molecular flexibility index (Phi) is 6.24. The fourth-order valence-corrected chi connectivity index (χ4v) is 2.67. The van der Waals surface area contributed by atoms with Crippen molar-refractivity contribution in [2.24, 2.45) is 5.92 Å². The molecule has 1 saturated heterocycles. The van der Waals surface area contributed by atoms with Crippen LogP contribution < -0.4 is 10.9 Å². The number of benzene rings is 1. The lowest BCUT2D eigenvalue weighted by molar-refractivity contribution is -0.131. The third kappa shape index (κ3) is 4.84. The van der Waals surface area contributed by atoms with E-state index in [1.807, 2.05) is 0 Å². The lowest BCUT2D eigenvalue weighted by Crippen LogP contribution is -2.48. The molecule has 2 rings (SSSR count). The van der Waals surface area contributed by atoms with Crippen molar-refractivity contribution in [3.05, 3.63) is 34.9 Å². The first-order valence-electron chi connectivity index (χ1n) is 7.20. The number of carbonyl (C=O) groups excluding carboxylic acids is 3. The SMILES string of the molecule is O=C(CCl)NNC(=O)C1CCN(C(=O)c2cccc(Cl)c2)CC1. The van der Waals surface area contributed by atoms with E-state index < -0.39 is 5.91 Å². The standard InChI is InChI=1S/C15H17Cl2N3O3/c16-9-13(21)18-19-14(22)10-4-6-20(7-5-10)15(23)11-2-1-3-12(17)8-11/h1-3,8,10H,4-7,9H2,(H,18,21)(H,19,22). The average molecular weight is 358 g/mol. The zero-order chi connectivity index (χ0) is 16.8. The Balaban J connectivity index is 1.85. The van der Waals surface area contributed by atoms with Gasteiger partial charge < -0.3 is 4.90 Å². The first kappa shape index (κ1) is 17.6. The molecule has 0 spiro atoms. The quantitative estimate of drug-likeness (QED) is 0.636. The van der Waals surface area contributed by atoms with Crippen molar-refractivity contribution < 1.29 is 14.4 Å². The van der Waals surface area contributed by atoms with Gasteiger partial charge in [-0.05, 0) is 31.0 Å². The number of halogens is 2. The summed E-state index contributed by atoms with van der Waals surface area (Å²) in [6, 6.07) is 6.79. The Bertz CT molecular complexity index is 601. The van der Waals surface area contributed by atoms with Gasteiger partial charge in [-0.1, -0.05) is 17.7 Å². The van der Waals surface area contributed by atoms with Gasteiger partial charge in [0.05, 0.1) is 0 Å². The lowest BCUT2D eigenvalue weighted by atomic mass is 9.95. The molecule has 1 aromatic rings. The second-order valence-corrected chi connectivity index (χ2v) is 5.95. The van der Waals surface area contributed by atoms with E-state index in [0.717, 1.165) is 0 Å². The van der Waals surface area contributed by atoms with Crippen LogP contribution in [0.3, 0.4) is 0 Å². The van der Waals surface area contributed by atoms with Crippen LogP contribution in [0.15, 0.2) is 24.3 Å². The van der Waals surface area contributed by atoms with E-state index in [-0.39, 0.29) is 23.6 Å². The molecule has 0 aromatic heterocycles. The number of alkyl halides is 1. The molecule has 0 radical (unpaired) electrons. The number of hydrazine groups is 1. The number of rotatable bonds is 3. The number of amides is 3. The molecular formula is C15H17Cl2N3O3. The highest BCUT2D eigenvalue weighted by molar-refractivity contribution is 6.31. The molecule has 1 fully saturated rings. The van der Waals surface area contributed by atoms with Crippen LogP contribution in [0.1, 0.15) is 23.2 Å². The van der Waals surface area contributed by atoms with Crippen LogP contribution in [0.2, 0.25) is 5.02 Å². The maximum atomic E-state index is 12.4. The van der Waals surface area contributed by atoms with E-state index in [1.165, 1.54) is 0 Å². The predicted octanol–water partition coefficient (Wildman–Crippen LogP) is 1.58. The summed E-state index contributed by atoms with van der Waals surface area (Å²) in [5.41, 5.74) is 5.11. The number of likely N-dealkylation sites (tertiary alicyclic amines) is 1. The van der Waals surface area contributed by atoms with Gasteiger partial charge in [-0.25, -0.2) is 0 Å². The van der Waals surface area contributed by atoms with Crippen LogP contribution in [0.5, 0.6) is 0 Å². The predicted molar refractivity (Wildman–Crippen MR) is 87.1 cm³/mol. The molecule has 2 N–H and O–H groups in total. The monoisotopic (exact) mass is 357 g/mol. The van der Waals surface area contributed by atoms with Crippen LogP contribution in [0, 0.1) is 5.92 Å². The van der Waals surface area contributed by atoms with Crippen molar-refractivity contribution in [3.8, 4) is 0 Å². The van der Waals surface area contributed by atoms with Crippen LogP contribution in [0.25, 0.3) is 0 Å².